The second kappa shape index (κ2) is 7.25. The van der Waals surface area contributed by atoms with Crippen LogP contribution in [-0.4, -0.2) is 42.5 Å². The maximum Gasteiger partial charge on any atom is 0.237 e. The van der Waals surface area contributed by atoms with Crippen molar-refractivity contribution in [2.24, 2.45) is 17.6 Å². The van der Waals surface area contributed by atoms with Crippen molar-refractivity contribution in [3.05, 3.63) is 0 Å². The lowest BCUT2D eigenvalue weighted by Crippen LogP contribution is -2.59. The molecule has 0 aliphatic heterocycles. The lowest BCUT2D eigenvalue weighted by atomic mass is 9.71. The number of nitrogens with one attached hydrogen (secondary N) is 1. The molecule has 1 aliphatic rings. The zero-order chi connectivity index (χ0) is 14.5. The third kappa shape index (κ3) is 4.18. The van der Waals surface area contributed by atoms with Gasteiger partial charge in [-0.3, -0.25) is 4.79 Å². The predicted molar refractivity (Wildman–Crippen MR) is 79.9 cm³/mol. The van der Waals surface area contributed by atoms with Crippen LogP contribution in [0.2, 0.25) is 0 Å². The van der Waals surface area contributed by atoms with Crippen molar-refractivity contribution in [2.75, 3.05) is 26.2 Å². The van der Waals surface area contributed by atoms with Crippen LogP contribution < -0.4 is 11.1 Å². The van der Waals surface area contributed by atoms with Gasteiger partial charge in [0.15, 0.2) is 0 Å². The van der Waals surface area contributed by atoms with E-state index in [0.717, 1.165) is 45.4 Å². The average Bonchev–Trinajstić information content (AvgIpc) is 2.39. The summed E-state index contributed by atoms with van der Waals surface area (Å²) in [5, 5.41) is 3.47. The molecule has 0 aromatic heterocycles. The molecular weight excluding hydrogens is 238 g/mol. The third-order valence-corrected chi connectivity index (χ3v) is 4.93. The molecule has 0 heterocycles. The lowest BCUT2D eigenvalue weighted by Gasteiger charge is -2.41. The van der Waals surface area contributed by atoms with Crippen LogP contribution in [0, 0.1) is 11.8 Å². The van der Waals surface area contributed by atoms with Gasteiger partial charge in [-0.25, -0.2) is 0 Å². The Balaban J connectivity index is 2.56. The molecule has 0 spiro atoms. The van der Waals surface area contributed by atoms with E-state index in [1.807, 2.05) is 0 Å². The zero-order valence-corrected chi connectivity index (χ0v) is 13.0. The predicted octanol–water partition coefficient (Wildman–Crippen LogP) is 1.60. The molecule has 1 saturated carbocycles. The van der Waals surface area contributed by atoms with Crippen molar-refractivity contribution in [2.45, 2.75) is 52.5 Å². The highest BCUT2D eigenvalue weighted by Crippen LogP contribution is 2.36. The summed E-state index contributed by atoms with van der Waals surface area (Å²) in [6.45, 7) is 12.7. The van der Waals surface area contributed by atoms with Crippen molar-refractivity contribution < 1.29 is 4.79 Å². The van der Waals surface area contributed by atoms with Crippen LogP contribution in [0.4, 0.5) is 0 Å². The highest BCUT2D eigenvalue weighted by atomic mass is 16.1. The van der Waals surface area contributed by atoms with E-state index in [1.165, 1.54) is 0 Å². The minimum Gasteiger partial charge on any atom is -0.368 e. The molecule has 3 N–H and O–H groups in total. The van der Waals surface area contributed by atoms with Crippen molar-refractivity contribution in [1.82, 2.24) is 10.2 Å². The van der Waals surface area contributed by atoms with Gasteiger partial charge in [-0.2, -0.15) is 0 Å². The van der Waals surface area contributed by atoms with E-state index >= 15 is 0 Å². The summed E-state index contributed by atoms with van der Waals surface area (Å²) >= 11 is 0. The van der Waals surface area contributed by atoms with Gasteiger partial charge in [-0.05, 0) is 44.2 Å². The number of carbonyl (C=O) groups is 1. The molecular formula is C15H31N3O. The van der Waals surface area contributed by atoms with Gasteiger partial charge < -0.3 is 16.0 Å². The van der Waals surface area contributed by atoms with Crippen molar-refractivity contribution >= 4 is 5.91 Å². The van der Waals surface area contributed by atoms with Crippen molar-refractivity contribution in [1.29, 1.82) is 0 Å². The van der Waals surface area contributed by atoms with Gasteiger partial charge in [0.1, 0.15) is 0 Å². The van der Waals surface area contributed by atoms with E-state index in [1.54, 1.807) is 0 Å². The Bertz CT molecular complexity index is 291. The molecule has 1 fully saturated rings. The SMILES string of the molecule is CCN(CC)CCNC1(C(N)=O)CCC(C)C(C)C1. The Morgan fingerprint density at radius 1 is 1.32 bits per heavy atom. The minimum absolute atomic E-state index is 0.175. The molecule has 0 saturated heterocycles. The number of rotatable bonds is 7. The molecule has 1 amide bonds. The molecule has 1 aliphatic carbocycles. The van der Waals surface area contributed by atoms with Gasteiger partial charge in [0, 0.05) is 13.1 Å². The molecule has 3 atom stereocenters. The molecule has 1 rings (SSSR count). The number of hydrogen-bond acceptors (Lipinski definition) is 3. The van der Waals surface area contributed by atoms with Gasteiger partial charge in [0.05, 0.1) is 5.54 Å². The van der Waals surface area contributed by atoms with E-state index in [4.69, 9.17) is 5.73 Å². The number of carbonyl (C=O) groups excluding carboxylic acids is 1. The summed E-state index contributed by atoms with van der Waals surface area (Å²) in [5.41, 5.74) is 5.20. The summed E-state index contributed by atoms with van der Waals surface area (Å²) in [5.74, 6) is 1.07. The molecule has 0 bridgehead atoms. The van der Waals surface area contributed by atoms with Crippen LogP contribution in [0.1, 0.15) is 47.0 Å². The van der Waals surface area contributed by atoms with Gasteiger partial charge >= 0.3 is 0 Å². The zero-order valence-electron chi connectivity index (χ0n) is 13.0. The third-order valence-electron chi connectivity index (χ3n) is 4.93. The number of hydrogen-bond donors (Lipinski definition) is 2. The molecule has 19 heavy (non-hydrogen) atoms. The van der Waals surface area contributed by atoms with Gasteiger partial charge in [-0.1, -0.05) is 27.7 Å². The van der Waals surface area contributed by atoms with Crippen molar-refractivity contribution in [3.8, 4) is 0 Å². The largest absolute Gasteiger partial charge is 0.368 e. The van der Waals surface area contributed by atoms with Crippen LogP contribution in [0.5, 0.6) is 0 Å². The number of primary amides is 1. The Labute approximate surface area is 118 Å². The molecule has 112 valence electrons. The van der Waals surface area contributed by atoms with E-state index in [-0.39, 0.29) is 5.91 Å². The van der Waals surface area contributed by atoms with Crippen LogP contribution >= 0.6 is 0 Å². The highest BCUT2D eigenvalue weighted by molar-refractivity contribution is 5.84. The van der Waals surface area contributed by atoms with Crippen LogP contribution in [0.25, 0.3) is 0 Å². The van der Waals surface area contributed by atoms with Crippen LogP contribution in [0.15, 0.2) is 0 Å². The monoisotopic (exact) mass is 269 g/mol. The first-order valence-corrected chi connectivity index (χ1v) is 7.72. The number of nitrogens with two attached hydrogens (primary N) is 1. The average molecular weight is 269 g/mol. The van der Waals surface area contributed by atoms with Crippen LogP contribution in [-0.2, 0) is 4.79 Å². The van der Waals surface area contributed by atoms with E-state index < -0.39 is 5.54 Å². The first-order valence-electron chi connectivity index (χ1n) is 7.72. The van der Waals surface area contributed by atoms with E-state index in [2.05, 4.69) is 37.9 Å². The maximum atomic E-state index is 11.9. The summed E-state index contributed by atoms with van der Waals surface area (Å²) in [6.07, 6.45) is 2.84. The standard InChI is InChI=1S/C15H31N3O/c1-5-18(6-2)10-9-17-15(14(16)19)8-7-12(3)13(4)11-15/h12-13,17H,5-11H2,1-4H3,(H2,16,19). The van der Waals surface area contributed by atoms with Gasteiger partial charge in [0.2, 0.25) is 5.91 Å². The Morgan fingerprint density at radius 2 is 1.95 bits per heavy atom. The molecule has 0 aromatic carbocycles. The van der Waals surface area contributed by atoms with E-state index in [0.29, 0.717) is 11.8 Å². The summed E-state index contributed by atoms with van der Waals surface area (Å²) < 4.78 is 0. The summed E-state index contributed by atoms with van der Waals surface area (Å²) in [6, 6.07) is 0. The Hall–Kier alpha value is -0.610. The van der Waals surface area contributed by atoms with E-state index in [9.17, 15) is 4.79 Å². The smallest absolute Gasteiger partial charge is 0.237 e. The van der Waals surface area contributed by atoms with Gasteiger partial charge in [-0.15, -0.1) is 0 Å². The second-order valence-electron chi connectivity index (χ2n) is 6.10. The van der Waals surface area contributed by atoms with Gasteiger partial charge in [0.25, 0.3) is 0 Å². The number of likely N-dealkylation sites (N-methyl/N-ethyl adjacent to an activating group) is 1. The minimum atomic E-state index is -0.473. The highest BCUT2D eigenvalue weighted by Gasteiger charge is 2.41. The van der Waals surface area contributed by atoms with Crippen molar-refractivity contribution in [3.63, 3.8) is 0 Å². The summed E-state index contributed by atoms with van der Waals surface area (Å²) in [4.78, 5) is 14.2. The molecule has 0 aromatic rings. The fraction of sp³-hybridized carbons (Fsp3) is 0.933. The Kier molecular flexibility index (Phi) is 6.27. The topological polar surface area (TPSA) is 58.4 Å². The fourth-order valence-corrected chi connectivity index (χ4v) is 3.08. The molecule has 3 unspecified atom stereocenters. The maximum absolute atomic E-state index is 11.9. The number of nitrogens with zero attached hydrogens (tertiary/aromatic N) is 1. The normalized spacial score (nSPS) is 31.6. The summed E-state index contributed by atoms with van der Waals surface area (Å²) in [7, 11) is 0. The lowest BCUT2D eigenvalue weighted by molar-refractivity contribution is -0.127. The first kappa shape index (κ1) is 16.4. The molecule has 4 nitrogen and oxygen atoms in total. The Morgan fingerprint density at radius 3 is 2.42 bits per heavy atom. The first-order chi connectivity index (χ1) is 8.95. The fourth-order valence-electron chi connectivity index (χ4n) is 3.08. The van der Waals surface area contributed by atoms with Crippen LogP contribution in [0.3, 0.4) is 0 Å². The molecule has 4 heteroatoms. The second-order valence-corrected chi connectivity index (χ2v) is 6.10. The quantitative estimate of drug-likeness (QED) is 0.738. The number of amides is 1. The molecule has 0 radical (unpaired) electrons.